The first-order valence-electron chi connectivity index (χ1n) is 13.4. The Hall–Kier alpha value is -5.03. The number of rotatable bonds is 12. The Morgan fingerprint density at radius 3 is 2.17 bits per heavy atom. The molecule has 0 bridgehead atoms. The molecule has 11 heteroatoms. The highest BCUT2D eigenvalue weighted by Crippen LogP contribution is 2.33. The molecule has 4 amide bonds. The number of esters is 1. The third-order valence-electron chi connectivity index (χ3n) is 6.02. The van der Waals surface area contributed by atoms with Crippen LogP contribution in [0.3, 0.4) is 0 Å². The first-order chi connectivity index (χ1) is 20.4. The first-order valence-corrected chi connectivity index (χ1v) is 14.2. The van der Waals surface area contributed by atoms with Gasteiger partial charge in [-0.1, -0.05) is 102 Å². The van der Waals surface area contributed by atoms with Crippen LogP contribution in [0.1, 0.15) is 41.0 Å². The lowest BCUT2D eigenvalue weighted by molar-refractivity contribution is -0.143. The molecule has 3 aromatic carbocycles. The molecule has 0 spiro atoms. The van der Waals surface area contributed by atoms with E-state index in [1.165, 1.54) is 0 Å². The van der Waals surface area contributed by atoms with E-state index in [2.05, 4.69) is 26.3 Å². The number of carbonyl (C=O) groups excluding carboxylic acids is 4. The van der Waals surface area contributed by atoms with Crippen LogP contribution in [0.25, 0.3) is 10.4 Å². The van der Waals surface area contributed by atoms with Crippen molar-refractivity contribution in [3.8, 4) is 10.4 Å². The Morgan fingerprint density at radius 1 is 0.857 bits per heavy atom. The van der Waals surface area contributed by atoms with E-state index >= 15 is 0 Å². The van der Waals surface area contributed by atoms with E-state index in [1.807, 2.05) is 78.9 Å². The van der Waals surface area contributed by atoms with Crippen molar-refractivity contribution in [2.24, 2.45) is 0 Å². The molecule has 0 saturated carbocycles. The van der Waals surface area contributed by atoms with E-state index in [4.69, 9.17) is 4.74 Å². The molecule has 4 aromatic rings. The van der Waals surface area contributed by atoms with E-state index in [-0.39, 0.29) is 30.4 Å². The summed E-state index contributed by atoms with van der Waals surface area (Å²) in [6.45, 7) is 1.92. The van der Waals surface area contributed by atoms with Gasteiger partial charge in [0.1, 0.15) is 5.69 Å². The number of anilines is 1. The Balaban J connectivity index is 1.42. The van der Waals surface area contributed by atoms with Crippen LogP contribution < -0.4 is 21.3 Å². The van der Waals surface area contributed by atoms with E-state index in [1.54, 1.807) is 19.1 Å². The van der Waals surface area contributed by atoms with Crippen LogP contribution in [-0.4, -0.2) is 42.0 Å². The summed E-state index contributed by atoms with van der Waals surface area (Å²) in [6, 6.07) is 26.6. The van der Waals surface area contributed by atoms with E-state index in [0.29, 0.717) is 11.4 Å². The van der Waals surface area contributed by atoms with Crippen LogP contribution in [-0.2, 0) is 20.9 Å². The Labute approximate surface area is 247 Å². The van der Waals surface area contributed by atoms with Gasteiger partial charge in [0, 0.05) is 6.54 Å². The molecule has 42 heavy (non-hydrogen) atoms. The summed E-state index contributed by atoms with van der Waals surface area (Å²) in [5.41, 5.74) is 2.48. The standard InChI is InChI=1S/C31H31N5O5S/c1-2-41-26(38)18-24(22-14-8-4-9-15-22)34-25(37)20-32-29(39)27-28(23-16-10-5-11-17-23)42-31(35-27)36-30(40)33-19-21-12-6-3-7-13-21/h3-17,24H,2,18-20H2,1H3,(H,32,39)(H,34,37)(H2,33,35,36,40). The fraction of sp³-hybridized carbons (Fsp3) is 0.194. The van der Waals surface area contributed by atoms with Crippen LogP contribution >= 0.6 is 11.3 Å². The molecule has 0 aliphatic heterocycles. The monoisotopic (exact) mass is 585 g/mol. The molecule has 10 nitrogen and oxygen atoms in total. The summed E-state index contributed by atoms with van der Waals surface area (Å²) < 4.78 is 5.05. The number of nitrogens with zero attached hydrogens (tertiary/aromatic N) is 1. The van der Waals surface area contributed by atoms with Crippen LogP contribution in [0.2, 0.25) is 0 Å². The molecule has 0 aliphatic carbocycles. The molecule has 0 aliphatic rings. The van der Waals surface area contributed by atoms with Crippen molar-refractivity contribution in [2.75, 3.05) is 18.5 Å². The first kappa shape index (κ1) is 29.9. The smallest absolute Gasteiger partial charge is 0.321 e. The Kier molecular flexibility index (Phi) is 10.8. The fourth-order valence-electron chi connectivity index (χ4n) is 4.05. The van der Waals surface area contributed by atoms with Crippen molar-refractivity contribution in [1.82, 2.24) is 20.9 Å². The van der Waals surface area contributed by atoms with Gasteiger partial charge >= 0.3 is 12.0 Å². The molecule has 0 fully saturated rings. The summed E-state index contributed by atoms with van der Waals surface area (Å²) in [4.78, 5) is 55.6. The quantitative estimate of drug-likeness (QED) is 0.178. The highest BCUT2D eigenvalue weighted by molar-refractivity contribution is 7.19. The summed E-state index contributed by atoms with van der Waals surface area (Å²) >= 11 is 1.15. The SMILES string of the molecule is CCOC(=O)CC(NC(=O)CNC(=O)c1nc(NC(=O)NCc2ccccc2)sc1-c1ccccc1)c1ccccc1. The van der Waals surface area contributed by atoms with Crippen LogP contribution in [0.15, 0.2) is 91.0 Å². The minimum absolute atomic E-state index is 0.0524. The Morgan fingerprint density at radius 2 is 1.50 bits per heavy atom. The van der Waals surface area contributed by atoms with Gasteiger partial charge in [-0.15, -0.1) is 0 Å². The number of benzene rings is 3. The van der Waals surface area contributed by atoms with Crippen LogP contribution in [0.5, 0.6) is 0 Å². The van der Waals surface area contributed by atoms with Crippen molar-refractivity contribution < 1.29 is 23.9 Å². The second-order valence-electron chi connectivity index (χ2n) is 9.08. The number of carbonyl (C=O) groups is 4. The molecular weight excluding hydrogens is 554 g/mol. The second kappa shape index (κ2) is 15.1. The maximum atomic E-state index is 13.2. The predicted octanol–water partition coefficient (Wildman–Crippen LogP) is 4.67. The number of hydrogen-bond donors (Lipinski definition) is 4. The number of ether oxygens (including phenoxy) is 1. The predicted molar refractivity (Wildman–Crippen MR) is 161 cm³/mol. The fourth-order valence-corrected chi connectivity index (χ4v) is 5.01. The third kappa shape index (κ3) is 8.73. The maximum Gasteiger partial charge on any atom is 0.321 e. The van der Waals surface area contributed by atoms with E-state index < -0.39 is 29.9 Å². The molecule has 1 atom stereocenters. The number of nitrogens with one attached hydrogen (secondary N) is 4. The second-order valence-corrected chi connectivity index (χ2v) is 10.1. The largest absolute Gasteiger partial charge is 0.466 e. The van der Waals surface area contributed by atoms with Gasteiger partial charge in [-0.3, -0.25) is 19.7 Å². The zero-order valence-electron chi connectivity index (χ0n) is 23.0. The van der Waals surface area contributed by atoms with E-state index in [0.717, 1.165) is 28.0 Å². The molecule has 0 saturated heterocycles. The van der Waals surface area contributed by atoms with Gasteiger partial charge in [0.05, 0.1) is 30.5 Å². The van der Waals surface area contributed by atoms with Crippen molar-refractivity contribution in [2.45, 2.75) is 25.9 Å². The number of amides is 4. The molecule has 4 rings (SSSR count). The number of thiazole rings is 1. The molecule has 1 heterocycles. The molecule has 1 aromatic heterocycles. The maximum absolute atomic E-state index is 13.2. The zero-order chi connectivity index (χ0) is 29.7. The van der Waals surface area contributed by atoms with Crippen molar-refractivity contribution >= 4 is 40.3 Å². The summed E-state index contributed by atoms with van der Waals surface area (Å²) in [6.07, 6.45) is -0.0524. The highest BCUT2D eigenvalue weighted by Gasteiger charge is 2.23. The average Bonchev–Trinajstić information content (AvgIpc) is 3.44. The lowest BCUT2D eigenvalue weighted by atomic mass is 10.0. The van der Waals surface area contributed by atoms with Gasteiger partial charge in [0.25, 0.3) is 5.91 Å². The summed E-state index contributed by atoms with van der Waals surface area (Å²) in [5, 5.41) is 11.1. The van der Waals surface area contributed by atoms with Crippen molar-refractivity contribution in [3.63, 3.8) is 0 Å². The molecule has 1 unspecified atom stereocenters. The average molecular weight is 586 g/mol. The number of hydrogen-bond acceptors (Lipinski definition) is 7. The lowest BCUT2D eigenvalue weighted by Crippen LogP contribution is -2.39. The summed E-state index contributed by atoms with van der Waals surface area (Å²) in [7, 11) is 0. The van der Waals surface area contributed by atoms with Gasteiger partial charge in [0.15, 0.2) is 5.13 Å². The Bertz CT molecular complexity index is 1500. The highest BCUT2D eigenvalue weighted by atomic mass is 32.1. The van der Waals surface area contributed by atoms with Crippen molar-refractivity contribution in [3.05, 3.63) is 108 Å². The number of aromatic nitrogens is 1. The minimum Gasteiger partial charge on any atom is -0.466 e. The number of urea groups is 1. The third-order valence-corrected chi connectivity index (χ3v) is 7.04. The van der Waals surface area contributed by atoms with Gasteiger partial charge in [0.2, 0.25) is 5.91 Å². The molecule has 4 N–H and O–H groups in total. The topological polar surface area (TPSA) is 139 Å². The molecular formula is C31H31N5O5S. The van der Waals surface area contributed by atoms with Gasteiger partial charge in [-0.05, 0) is 23.6 Å². The van der Waals surface area contributed by atoms with Crippen LogP contribution in [0.4, 0.5) is 9.93 Å². The van der Waals surface area contributed by atoms with Gasteiger partial charge in [-0.2, -0.15) is 0 Å². The minimum atomic E-state index is -0.626. The van der Waals surface area contributed by atoms with Crippen molar-refractivity contribution in [1.29, 1.82) is 0 Å². The van der Waals surface area contributed by atoms with Crippen LogP contribution in [0, 0.1) is 0 Å². The van der Waals surface area contributed by atoms with Gasteiger partial charge in [-0.25, -0.2) is 9.78 Å². The molecule has 216 valence electrons. The van der Waals surface area contributed by atoms with Gasteiger partial charge < -0.3 is 20.7 Å². The lowest BCUT2D eigenvalue weighted by Gasteiger charge is -2.18. The normalized spacial score (nSPS) is 11.2. The molecule has 0 radical (unpaired) electrons. The zero-order valence-corrected chi connectivity index (χ0v) is 23.8. The summed E-state index contributed by atoms with van der Waals surface area (Å²) in [5.74, 6) is -1.52. The van der Waals surface area contributed by atoms with E-state index in [9.17, 15) is 19.2 Å².